The second-order valence-corrected chi connectivity index (χ2v) is 5.62. The van der Waals surface area contributed by atoms with E-state index in [-0.39, 0.29) is 0 Å². The zero-order valence-electron chi connectivity index (χ0n) is 10.5. The quantitative estimate of drug-likeness (QED) is 0.584. The predicted octanol–water partition coefficient (Wildman–Crippen LogP) is 4.86. The van der Waals surface area contributed by atoms with Gasteiger partial charge in [-0.3, -0.25) is 0 Å². The van der Waals surface area contributed by atoms with Crippen LogP contribution < -0.4 is 0 Å². The molecule has 0 N–H and O–H groups in total. The van der Waals surface area contributed by atoms with Crippen LogP contribution in [0.4, 0.5) is 0 Å². The van der Waals surface area contributed by atoms with E-state index >= 15 is 0 Å². The summed E-state index contributed by atoms with van der Waals surface area (Å²) in [5, 5.41) is 1.56. The van der Waals surface area contributed by atoms with Gasteiger partial charge in [0.15, 0.2) is 5.01 Å². The fraction of sp³-hybridized carbons (Fsp3) is 0. The summed E-state index contributed by atoms with van der Waals surface area (Å²) < 4.78 is 0. The van der Waals surface area contributed by atoms with E-state index in [9.17, 15) is 0 Å². The van der Waals surface area contributed by atoms with Crippen molar-refractivity contribution < 1.29 is 0 Å². The normalized spacial score (nSPS) is 9.85. The Balaban J connectivity index is 1.84. The molecular weight excluding hydrogens is 286 g/mol. The third kappa shape index (κ3) is 3.08. The second kappa shape index (κ2) is 5.92. The average Bonchev–Trinajstić information content (AvgIpc) is 2.96. The Labute approximate surface area is 126 Å². The fourth-order valence-electron chi connectivity index (χ4n) is 1.73. The first-order valence-corrected chi connectivity index (χ1v) is 7.29. The van der Waals surface area contributed by atoms with Crippen molar-refractivity contribution in [1.82, 2.24) is 4.98 Å². The zero-order valence-corrected chi connectivity index (χ0v) is 12.1. The molecule has 1 nitrogen and oxygen atoms in total. The van der Waals surface area contributed by atoms with E-state index in [4.69, 9.17) is 11.6 Å². The van der Waals surface area contributed by atoms with E-state index in [0.29, 0.717) is 0 Å². The minimum Gasteiger partial charge on any atom is -0.236 e. The van der Waals surface area contributed by atoms with E-state index in [1.54, 1.807) is 11.3 Å². The molecule has 0 unspecified atom stereocenters. The van der Waals surface area contributed by atoms with Gasteiger partial charge in [0.1, 0.15) is 0 Å². The molecule has 0 aliphatic carbocycles. The van der Waals surface area contributed by atoms with Gasteiger partial charge in [-0.1, -0.05) is 47.9 Å². The summed E-state index contributed by atoms with van der Waals surface area (Å²) in [5.41, 5.74) is 2.11. The number of rotatable bonds is 1. The molecule has 0 aliphatic rings. The Morgan fingerprint density at radius 2 is 1.65 bits per heavy atom. The molecule has 0 atom stereocenters. The van der Waals surface area contributed by atoms with Gasteiger partial charge in [0, 0.05) is 16.8 Å². The van der Waals surface area contributed by atoms with Gasteiger partial charge in [0.2, 0.25) is 0 Å². The number of thiazole rings is 1. The third-order valence-electron chi connectivity index (χ3n) is 2.72. The lowest BCUT2D eigenvalue weighted by molar-refractivity contribution is 1.38. The first-order valence-electron chi connectivity index (χ1n) is 6.10. The van der Waals surface area contributed by atoms with E-state index in [1.807, 2.05) is 60.8 Å². The van der Waals surface area contributed by atoms with Crippen molar-refractivity contribution in [2.24, 2.45) is 0 Å². The smallest absolute Gasteiger partial charge is 0.167 e. The van der Waals surface area contributed by atoms with Crippen molar-refractivity contribution in [3.8, 4) is 22.3 Å². The number of benzene rings is 2. The first kappa shape index (κ1) is 12.9. The van der Waals surface area contributed by atoms with Crippen molar-refractivity contribution in [1.29, 1.82) is 0 Å². The highest BCUT2D eigenvalue weighted by Gasteiger charge is 2.02. The molecule has 0 aliphatic heterocycles. The molecule has 96 valence electrons. The standard InChI is InChI=1S/C17H10ClNS/c18-15-9-7-14(8-10-15)16-12-19-17(20-16)11-6-13-4-2-1-3-5-13/h1-5,7-10,12H. The van der Waals surface area contributed by atoms with Crippen LogP contribution in [-0.4, -0.2) is 4.98 Å². The lowest BCUT2D eigenvalue weighted by Crippen LogP contribution is -1.72. The first-order chi connectivity index (χ1) is 9.81. The number of hydrogen-bond donors (Lipinski definition) is 0. The van der Waals surface area contributed by atoms with Crippen LogP contribution in [0.25, 0.3) is 10.4 Å². The highest BCUT2D eigenvalue weighted by atomic mass is 35.5. The minimum absolute atomic E-state index is 0.738. The zero-order chi connectivity index (χ0) is 13.8. The maximum Gasteiger partial charge on any atom is 0.167 e. The van der Waals surface area contributed by atoms with Crippen LogP contribution in [0.3, 0.4) is 0 Å². The lowest BCUT2D eigenvalue weighted by Gasteiger charge is -1.95. The van der Waals surface area contributed by atoms with Crippen LogP contribution in [0.5, 0.6) is 0 Å². The molecule has 0 amide bonds. The van der Waals surface area contributed by atoms with Crippen LogP contribution in [0.1, 0.15) is 10.6 Å². The highest BCUT2D eigenvalue weighted by Crippen LogP contribution is 2.26. The van der Waals surface area contributed by atoms with Crippen molar-refractivity contribution in [2.45, 2.75) is 0 Å². The highest BCUT2D eigenvalue weighted by molar-refractivity contribution is 7.15. The number of hydrogen-bond acceptors (Lipinski definition) is 2. The van der Waals surface area contributed by atoms with Gasteiger partial charge >= 0.3 is 0 Å². The topological polar surface area (TPSA) is 12.9 Å². The maximum atomic E-state index is 5.89. The Kier molecular flexibility index (Phi) is 3.83. The Bertz CT molecular complexity index is 764. The summed E-state index contributed by atoms with van der Waals surface area (Å²) >= 11 is 7.47. The molecule has 0 fully saturated rings. The van der Waals surface area contributed by atoms with Gasteiger partial charge in [0.05, 0.1) is 4.88 Å². The maximum absolute atomic E-state index is 5.89. The summed E-state index contributed by atoms with van der Waals surface area (Å²) in [7, 11) is 0. The van der Waals surface area contributed by atoms with Crippen LogP contribution in [0.2, 0.25) is 5.02 Å². The minimum atomic E-state index is 0.738. The Morgan fingerprint density at radius 3 is 2.40 bits per heavy atom. The summed E-state index contributed by atoms with van der Waals surface area (Å²) in [6.45, 7) is 0. The Morgan fingerprint density at radius 1 is 0.900 bits per heavy atom. The molecule has 0 saturated heterocycles. The third-order valence-corrected chi connectivity index (χ3v) is 3.94. The van der Waals surface area contributed by atoms with Gasteiger partial charge in [-0.25, -0.2) is 4.98 Å². The van der Waals surface area contributed by atoms with E-state index in [1.165, 1.54) is 0 Å². The van der Waals surface area contributed by atoms with E-state index in [0.717, 1.165) is 26.0 Å². The monoisotopic (exact) mass is 295 g/mol. The molecule has 3 heteroatoms. The molecule has 0 saturated carbocycles. The largest absolute Gasteiger partial charge is 0.236 e. The molecule has 0 spiro atoms. The van der Waals surface area contributed by atoms with Gasteiger partial charge < -0.3 is 0 Å². The number of nitrogens with zero attached hydrogens (tertiary/aromatic N) is 1. The second-order valence-electron chi connectivity index (χ2n) is 4.15. The Hall–Kier alpha value is -2.08. The summed E-state index contributed by atoms with van der Waals surface area (Å²) in [4.78, 5) is 5.44. The predicted molar refractivity (Wildman–Crippen MR) is 85.0 cm³/mol. The molecule has 3 aromatic rings. The van der Waals surface area contributed by atoms with Crippen LogP contribution in [-0.2, 0) is 0 Å². The van der Waals surface area contributed by atoms with Crippen LogP contribution in [0, 0.1) is 11.8 Å². The van der Waals surface area contributed by atoms with Gasteiger partial charge in [-0.05, 0) is 35.7 Å². The molecule has 0 radical (unpaired) electrons. The molecule has 1 aromatic heterocycles. The van der Waals surface area contributed by atoms with Gasteiger partial charge in [0.25, 0.3) is 0 Å². The van der Waals surface area contributed by atoms with E-state index < -0.39 is 0 Å². The van der Waals surface area contributed by atoms with Crippen molar-refractivity contribution in [2.75, 3.05) is 0 Å². The van der Waals surface area contributed by atoms with Crippen molar-refractivity contribution >= 4 is 22.9 Å². The molecule has 2 aromatic carbocycles. The molecular formula is C17H10ClNS. The van der Waals surface area contributed by atoms with Gasteiger partial charge in [-0.15, -0.1) is 11.3 Å². The SMILES string of the molecule is Clc1ccc(-c2cnc(C#Cc3ccccc3)s2)cc1. The molecule has 1 heterocycles. The number of aromatic nitrogens is 1. The molecule has 0 bridgehead atoms. The van der Waals surface area contributed by atoms with Crippen molar-refractivity contribution in [3.05, 3.63) is 76.4 Å². The fourth-order valence-corrected chi connectivity index (χ4v) is 2.63. The summed E-state index contributed by atoms with van der Waals surface area (Å²) in [5.74, 6) is 6.21. The van der Waals surface area contributed by atoms with Crippen LogP contribution >= 0.6 is 22.9 Å². The number of halogens is 1. The molecule has 3 rings (SSSR count). The summed E-state index contributed by atoms with van der Waals surface area (Å²) in [6, 6.07) is 17.6. The molecule has 20 heavy (non-hydrogen) atoms. The average molecular weight is 296 g/mol. The van der Waals surface area contributed by atoms with E-state index in [2.05, 4.69) is 16.8 Å². The van der Waals surface area contributed by atoms with Crippen molar-refractivity contribution in [3.63, 3.8) is 0 Å². The van der Waals surface area contributed by atoms with Gasteiger partial charge in [-0.2, -0.15) is 0 Å². The van der Waals surface area contributed by atoms with Crippen LogP contribution in [0.15, 0.2) is 60.8 Å². The lowest BCUT2D eigenvalue weighted by atomic mass is 10.2. The summed E-state index contributed by atoms with van der Waals surface area (Å²) in [6.07, 6.45) is 1.85.